The monoisotopic (exact) mass is 529 g/mol. The van der Waals surface area contributed by atoms with E-state index in [2.05, 4.69) is 5.32 Å². The molecule has 39 heavy (non-hydrogen) atoms. The van der Waals surface area contributed by atoms with E-state index >= 15 is 0 Å². The predicted molar refractivity (Wildman–Crippen MR) is 144 cm³/mol. The van der Waals surface area contributed by atoms with E-state index in [1.54, 1.807) is 91.1 Å². The van der Waals surface area contributed by atoms with Gasteiger partial charge in [0.05, 0.1) is 16.4 Å². The van der Waals surface area contributed by atoms with E-state index in [4.69, 9.17) is 18.9 Å². The third kappa shape index (κ3) is 4.39. The molecule has 0 aromatic heterocycles. The molecule has 2 aliphatic rings. The Labute approximate surface area is 227 Å². The lowest BCUT2D eigenvalue weighted by Crippen LogP contribution is -2.33. The molecule has 0 unspecified atom stereocenters. The summed E-state index contributed by atoms with van der Waals surface area (Å²) in [6.45, 7) is 10.6. The smallest absolute Gasteiger partial charge is 0.340 e. The van der Waals surface area contributed by atoms with Gasteiger partial charge >= 0.3 is 17.9 Å². The molecule has 0 amide bonds. The molecule has 3 aromatic rings. The molecule has 3 aromatic carbocycles. The van der Waals surface area contributed by atoms with Crippen LogP contribution in [0.2, 0.25) is 0 Å². The Kier molecular flexibility index (Phi) is 5.97. The summed E-state index contributed by atoms with van der Waals surface area (Å²) >= 11 is 0. The van der Waals surface area contributed by atoms with Crippen LogP contribution in [-0.2, 0) is 19.9 Å². The molecule has 0 saturated heterocycles. The average molecular weight is 530 g/mol. The van der Waals surface area contributed by atoms with Crippen LogP contribution in [0.5, 0.6) is 23.0 Å². The summed E-state index contributed by atoms with van der Waals surface area (Å²) in [5.74, 6) is -0.00890. The first-order chi connectivity index (χ1) is 18.2. The van der Waals surface area contributed by atoms with Crippen LogP contribution in [0.1, 0.15) is 68.6 Å². The molecule has 0 radical (unpaired) electrons. The Morgan fingerprint density at radius 3 is 1.69 bits per heavy atom. The van der Waals surface area contributed by atoms with Crippen molar-refractivity contribution in [1.82, 2.24) is 0 Å². The Balaban J connectivity index is 1.68. The van der Waals surface area contributed by atoms with Crippen molar-refractivity contribution in [3.63, 3.8) is 0 Å². The highest BCUT2D eigenvalue weighted by atomic mass is 16.6. The number of benzene rings is 3. The number of carbonyl (C=O) groups is 3. The zero-order valence-electron chi connectivity index (χ0n) is 23.1. The third-order valence-electron chi connectivity index (χ3n) is 6.68. The zero-order valence-corrected chi connectivity index (χ0v) is 23.1. The molecule has 0 fully saturated rings. The fraction of sp³-hybridized carbons (Fsp3) is 0.323. The zero-order chi connectivity index (χ0) is 28.3. The fourth-order valence-corrected chi connectivity index (χ4v) is 4.49. The summed E-state index contributed by atoms with van der Waals surface area (Å²) < 4.78 is 23.7. The van der Waals surface area contributed by atoms with Gasteiger partial charge in [-0.15, -0.1) is 0 Å². The number of hydrogen-bond acceptors (Lipinski definition) is 8. The standard InChI is InChI=1S/C31H31NO7/c1-29(2,3)27(34)36-18-9-12-22-24(15-18)38-25-16-19(37-28(35)30(4,5)6)10-13-23(25)31(22)21-11-8-17(32-7)14-20(21)26(33)39-31/h8-16,32H,1-7H3. The lowest BCUT2D eigenvalue weighted by Gasteiger charge is -2.36. The van der Waals surface area contributed by atoms with Gasteiger partial charge in [0, 0.05) is 41.6 Å². The van der Waals surface area contributed by atoms with Gasteiger partial charge in [-0.05, 0) is 77.9 Å². The Morgan fingerprint density at radius 1 is 0.744 bits per heavy atom. The van der Waals surface area contributed by atoms with Gasteiger partial charge in [-0.25, -0.2) is 4.79 Å². The van der Waals surface area contributed by atoms with Gasteiger partial charge in [0.15, 0.2) is 5.60 Å². The van der Waals surface area contributed by atoms with Crippen LogP contribution in [0.25, 0.3) is 0 Å². The van der Waals surface area contributed by atoms with E-state index in [-0.39, 0.29) is 11.5 Å². The van der Waals surface area contributed by atoms with Crippen molar-refractivity contribution in [1.29, 1.82) is 0 Å². The van der Waals surface area contributed by atoms with Crippen LogP contribution in [0.15, 0.2) is 54.6 Å². The number of anilines is 1. The molecular formula is C31H31NO7. The highest BCUT2D eigenvalue weighted by Gasteiger charge is 2.53. The molecule has 0 bridgehead atoms. The van der Waals surface area contributed by atoms with Crippen molar-refractivity contribution in [2.24, 2.45) is 10.8 Å². The fourth-order valence-electron chi connectivity index (χ4n) is 4.49. The molecule has 2 heterocycles. The van der Waals surface area contributed by atoms with Crippen LogP contribution >= 0.6 is 0 Å². The number of fused-ring (bicyclic) bond motifs is 6. The summed E-state index contributed by atoms with van der Waals surface area (Å²) in [4.78, 5) is 38.4. The molecule has 5 rings (SSSR count). The summed E-state index contributed by atoms with van der Waals surface area (Å²) in [5, 5.41) is 3.05. The van der Waals surface area contributed by atoms with E-state index in [1.807, 2.05) is 12.1 Å². The third-order valence-corrected chi connectivity index (χ3v) is 6.68. The van der Waals surface area contributed by atoms with Crippen LogP contribution in [0.3, 0.4) is 0 Å². The van der Waals surface area contributed by atoms with Gasteiger partial charge in [0.1, 0.15) is 23.0 Å². The number of nitrogens with one attached hydrogen (secondary N) is 1. The van der Waals surface area contributed by atoms with Gasteiger partial charge in [-0.1, -0.05) is 6.07 Å². The first kappa shape index (κ1) is 26.3. The quantitative estimate of drug-likeness (QED) is 0.316. The van der Waals surface area contributed by atoms with E-state index in [0.717, 1.165) is 5.69 Å². The first-order valence-electron chi connectivity index (χ1n) is 12.7. The van der Waals surface area contributed by atoms with Crippen LogP contribution in [0.4, 0.5) is 5.69 Å². The average Bonchev–Trinajstić information content (AvgIpc) is 3.14. The van der Waals surface area contributed by atoms with Crippen LogP contribution in [0, 0.1) is 10.8 Å². The Morgan fingerprint density at radius 2 is 1.23 bits per heavy atom. The van der Waals surface area contributed by atoms with Crippen molar-refractivity contribution in [2.75, 3.05) is 12.4 Å². The second-order valence-corrected chi connectivity index (χ2v) is 11.8. The molecule has 0 saturated carbocycles. The molecule has 0 aliphatic carbocycles. The molecule has 1 spiro atoms. The topological polar surface area (TPSA) is 100 Å². The number of carbonyl (C=O) groups excluding carboxylic acids is 3. The van der Waals surface area contributed by atoms with Gasteiger partial charge in [0.2, 0.25) is 0 Å². The largest absolute Gasteiger partial charge is 0.456 e. The Bertz CT molecular complexity index is 1450. The number of esters is 3. The van der Waals surface area contributed by atoms with Crippen molar-refractivity contribution in [3.8, 4) is 23.0 Å². The normalized spacial score (nSPS) is 14.9. The van der Waals surface area contributed by atoms with Crippen molar-refractivity contribution < 1.29 is 33.3 Å². The van der Waals surface area contributed by atoms with E-state index < -0.39 is 34.3 Å². The Hall–Kier alpha value is -4.33. The number of ether oxygens (including phenoxy) is 4. The van der Waals surface area contributed by atoms with Crippen molar-refractivity contribution >= 4 is 23.6 Å². The lowest BCUT2D eigenvalue weighted by atomic mass is 9.77. The maximum absolute atomic E-state index is 13.2. The molecule has 8 nitrogen and oxygen atoms in total. The maximum Gasteiger partial charge on any atom is 0.340 e. The summed E-state index contributed by atoms with van der Waals surface area (Å²) in [7, 11) is 1.78. The second-order valence-electron chi connectivity index (χ2n) is 11.8. The van der Waals surface area contributed by atoms with Crippen molar-refractivity contribution in [2.45, 2.75) is 47.1 Å². The molecule has 2 aliphatic heterocycles. The molecule has 8 heteroatoms. The molecule has 202 valence electrons. The lowest BCUT2D eigenvalue weighted by molar-refractivity contribution is -0.143. The minimum atomic E-state index is -1.32. The molecule has 0 atom stereocenters. The maximum atomic E-state index is 13.2. The SMILES string of the molecule is CNc1ccc2c(c1)C(=O)OC21c2ccc(OC(=O)C(C)(C)C)cc2Oc2cc(OC(=O)C(C)(C)C)ccc21. The highest BCUT2D eigenvalue weighted by molar-refractivity contribution is 5.98. The van der Waals surface area contributed by atoms with Crippen LogP contribution in [-0.4, -0.2) is 25.0 Å². The van der Waals surface area contributed by atoms with Gasteiger partial charge in [0.25, 0.3) is 0 Å². The second kappa shape index (κ2) is 8.86. The summed E-state index contributed by atoms with van der Waals surface area (Å²) in [5.41, 5.74) is 0.264. The molecule has 1 N–H and O–H groups in total. The number of rotatable bonds is 3. The minimum absolute atomic E-state index is 0.290. The predicted octanol–water partition coefficient (Wildman–Crippen LogP) is 6.20. The van der Waals surface area contributed by atoms with Gasteiger partial charge in [-0.2, -0.15) is 0 Å². The van der Waals surface area contributed by atoms with Crippen LogP contribution < -0.4 is 19.5 Å². The van der Waals surface area contributed by atoms with Gasteiger partial charge < -0.3 is 24.3 Å². The van der Waals surface area contributed by atoms with Gasteiger partial charge in [-0.3, -0.25) is 9.59 Å². The van der Waals surface area contributed by atoms with E-state index in [9.17, 15) is 14.4 Å². The summed E-state index contributed by atoms with van der Waals surface area (Å²) in [6.07, 6.45) is 0. The van der Waals surface area contributed by atoms with E-state index in [0.29, 0.717) is 33.8 Å². The molecular weight excluding hydrogens is 498 g/mol. The summed E-state index contributed by atoms with van der Waals surface area (Å²) in [6, 6.07) is 15.5. The minimum Gasteiger partial charge on any atom is -0.456 e. The first-order valence-corrected chi connectivity index (χ1v) is 12.7. The van der Waals surface area contributed by atoms with E-state index in [1.165, 1.54) is 0 Å². The van der Waals surface area contributed by atoms with Crippen molar-refractivity contribution in [3.05, 3.63) is 76.9 Å². The number of hydrogen-bond donors (Lipinski definition) is 1. The highest BCUT2D eigenvalue weighted by Crippen LogP contribution is 2.57.